The maximum Gasteiger partial charge on any atom is 0.290 e. The van der Waals surface area contributed by atoms with Gasteiger partial charge in [-0.15, -0.1) is 0 Å². The summed E-state index contributed by atoms with van der Waals surface area (Å²) < 4.78 is 0. The van der Waals surface area contributed by atoms with Crippen molar-refractivity contribution in [2.45, 2.75) is 6.92 Å². The van der Waals surface area contributed by atoms with E-state index in [1.54, 1.807) is 12.1 Å². The standard InChI is InChI=1S/C7H8O.CH2O2/c1-6-3-2-4-7(8)5-6;2-1-3/h2-5,8H,1H3;1H,(H,2,3). The number of hydrogen-bond donors (Lipinski definition) is 2. The van der Waals surface area contributed by atoms with Crippen LogP contribution in [0.15, 0.2) is 24.3 Å². The van der Waals surface area contributed by atoms with Gasteiger partial charge in [-0.25, -0.2) is 0 Å². The predicted octanol–water partition coefficient (Wildman–Crippen LogP) is 1.40. The van der Waals surface area contributed by atoms with Crippen molar-refractivity contribution in [3.05, 3.63) is 29.8 Å². The number of hydrogen-bond acceptors (Lipinski definition) is 2. The molecule has 0 unspecified atom stereocenters. The van der Waals surface area contributed by atoms with Crippen LogP contribution in [0.5, 0.6) is 5.75 Å². The van der Waals surface area contributed by atoms with E-state index in [9.17, 15) is 0 Å². The smallest absolute Gasteiger partial charge is 0.290 e. The number of phenols is 1. The molecule has 60 valence electrons. The highest BCUT2D eigenvalue weighted by Crippen LogP contribution is 2.08. The van der Waals surface area contributed by atoms with E-state index < -0.39 is 0 Å². The van der Waals surface area contributed by atoms with Gasteiger partial charge < -0.3 is 10.2 Å². The van der Waals surface area contributed by atoms with E-state index in [2.05, 4.69) is 0 Å². The summed E-state index contributed by atoms with van der Waals surface area (Å²) in [6, 6.07) is 7.15. The van der Waals surface area contributed by atoms with Gasteiger partial charge in [-0.2, -0.15) is 0 Å². The summed E-state index contributed by atoms with van der Waals surface area (Å²) in [5.41, 5.74) is 1.09. The lowest BCUT2D eigenvalue weighted by molar-refractivity contribution is -0.122. The molecule has 0 heterocycles. The highest BCUT2D eigenvalue weighted by atomic mass is 16.3. The van der Waals surface area contributed by atoms with Crippen molar-refractivity contribution in [3.8, 4) is 5.75 Å². The molecule has 0 spiro atoms. The molecule has 0 fully saturated rings. The summed E-state index contributed by atoms with van der Waals surface area (Å²) in [6.07, 6.45) is 0. The number of phenolic OH excluding ortho intramolecular Hbond substituents is 1. The van der Waals surface area contributed by atoms with Gasteiger partial charge in [0, 0.05) is 0 Å². The molecule has 2 N–H and O–H groups in total. The van der Waals surface area contributed by atoms with Gasteiger partial charge >= 0.3 is 0 Å². The van der Waals surface area contributed by atoms with Crippen LogP contribution in [-0.2, 0) is 4.79 Å². The van der Waals surface area contributed by atoms with E-state index in [4.69, 9.17) is 15.0 Å². The van der Waals surface area contributed by atoms with Gasteiger partial charge in [0.05, 0.1) is 0 Å². The summed E-state index contributed by atoms with van der Waals surface area (Å²) in [4.78, 5) is 8.36. The lowest BCUT2D eigenvalue weighted by Crippen LogP contribution is -1.66. The number of carboxylic acid groups (broad SMARTS) is 1. The van der Waals surface area contributed by atoms with Crippen molar-refractivity contribution < 1.29 is 15.0 Å². The second-order valence-corrected chi connectivity index (χ2v) is 1.94. The number of carbonyl (C=O) groups is 1. The lowest BCUT2D eigenvalue weighted by atomic mass is 10.2. The molecule has 0 atom stereocenters. The van der Waals surface area contributed by atoms with Crippen LogP contribution in [0.3, 0.4) is 0 Å². The van der Waals surface area contributed by atoms with Crippen LogP contribution >= 0.6 is 0 Å². The Morgan fingerprint density at radius 1 is 1.45 bits per heavy atom. The van der Waals surface area contributed by atoms with Gasteiger partial charge in [0.2, 0.25) is 0 Å². The first-order valence-electron chi connectivity index (χ1n) is 3.04. The molecule has 0 saturated heterocycles. The highest BCUT2D eigenvalue weighted by Gasteiger charge is 1.83. The maximum absolute atomic E-state index is 8.81. The molecule has 0 aliphatic rings. The minimum atomic E-state index is -0.250. The molecular weight excluding hydrogens is 144 g/mol. The van der Waals surface area contributed by atoms with E-state index >= 15 is 0 Å². The van der Waals surface area contributed by atoms with Crippen LogP contribution in [0.25, 0.3) is 0 Å². The molecule has 0 aromatic heterocycles. The van der Waals surface area contributed by atoms with Crippen LogP contribution in [0.4, 0.5) is 0 Å². The Morgan fingerprint density at radius 2 is 2.00 bits per heavy atom. The fraction of sp³-hybridized carbons (Fsp3) is 0.125. The molecule has 0 radical (unpaired) electrons. The third-order valence-corrected chi connectivity index (χ3v) is 1.00. The molecule has 0 bridgehead atoms. The Kier molecular flexibility index (Phi) is 4.56. The monoisotopic (exact) mass is 154 g/mol. The Bertz CT molecular complexity index is 203. The van der Waals surface area contributed by atoms with E-state index in [1.807, 2.05) is 19.1 Å². The Morgan fingerprint density at radius 3 is 2.27 bits per heavy atom. The zero-order valence-corrected chi connectivity index (χ0v) is 6.19. The Labute approximate surface area is 64.9 Å². The van der Waals surface area contributed by atoms with E-state index in [1.165, 1.54) is 0 Å². The average Bonchev–Trinajstić information content (AvgIpc) is 1.88. The molecule has 1 aromatic carbocycles. The molecular formula is C8H10O3. The average molecular weight is 154 g/mol. The summed E-state index contributed by atoms with van der Waals surface area (Å²) >= 11 is 0. The maximum atomic E-state index is 8.81. The first-order chi connectivity index (χ1) is 5.20. The van der Waals surface area contributed by atoms with Gasteiger partial charge in [0.25, 0.3) is 6.47 Å². The van der Waals surface area contributed by atoms with Crippen molar-refractivity contribution in [1.82, 2.24) is 0 Å². The third kappa shape index (κ3) is 4.96. The second-order valence-electron chi connectivity index (χ2n) is 1.94. The van der Waals surface area contributed by atoms with E-state index in [0.29, 0.717) is 5.75 Å². The fourth-order valence-electron chi connectivity index (χ4n) is 0.628. The molecule has 1 rings (SSSR count). The number of benzene rings is 1. The van der Waals surface area contributed by atoms with Gasteiger partial charge in [0.1, 0.15) is 5.75 Å². The topological polar surface area (TPSA) is 57.5 Å². The van der Waals surface area contributed by atoms with Crippen molar-refractivity contribution in [3.63, 3.8) is 0 Å². The van der Waals surface area contributed by atoms with E-state index in [-0.39, 0.29) is 6.47 Å². The van der Waals surface area contributed by atoms with Crippen LogP contribution in [0, 0.1) is 6.92 Å². The third-order valence-electron chi connectivity index (χ3n) is 1.00. The number of aromatic hydroxyl groups is 1. The van der Waals surface area contributed by atoms with Gasteiger partial charge in [-0.05, 0) is 24.6 Å². The minimum Gasteiger partial charge on any atom is -0.508 e. The summed E-state index contributed by atoms with van der Waals surface area (Å²) in [5, 5.41) is 15.7. The SMILES string of the molecule is Cc1cccc(O)c1.O=CO. The zero-order valence-electron chi connectivity index (χ0n) is 6.19. The van der Waals surface area contributed by atoms with Gasteiger partial charge in [-0.3, -0.25) is 4.79 Å². The Hall–Kier alpha value is -1.51. The number of aryl methyl sites for hydroxylation is 1. The molecule has 0 aliphatic carbocycles. The minimum absolute atomic E-state index is 0.250. The summed E-state index contributed by atoms with van der Waals surface area (Å²) in [5.74, 6) is 0.338. The highest BCUT2D eigenvalue weighted by molar-refractivity contribution is 5.32. The molecule has 0 saturated carbocycles. The first kappa shape index (κ1) is 9.49. The number of rotatable bonds is 0. The van der Waals surface area contributed by atoms with Gasteiger partial charge in [0.15, 0.2) is 0 Å². The van der Waals surface area contributed by atoms with E-state index in [0.717, 1.165) is 5.56 Å². The van der Waals surface area contributed by atoms with Crippen LogP contribution in [-0.4, -0.2) is 16.7 Å². The molecule has 0 amide bonds. The first-order valence-corrected chi connectivity index (χ1v) is 3.04. The molecule has 0 aliphatic heterocycles. The fourth-order valence-corrected chi connectivity index (χ4v) is 0.628. The van der Waals surface area contributed by atoms with Crippen LogP contribution in [0.2, 0.25) is 0 Å². The van der Waals surface area contributed by atoms with Crippen molar-refractivity contribution >= 4 is 6.47 Å². The van der Waals surface area contributed by atoms with Crippen molar-refractivity contribution in [2.24, 2.45) is 0 Å². The normalized spacial score (nSPS) is 7.73. The second kappa shape index (κ2) is 5.29. The van der Waals surface area contributed by atoms with Crippen molar-refractivity contribution in [1.29, 1.82) is 0 Å². The molecule has 11 heavy (non-hydrogen) atoms. The van der Waals surface area contributed by atoms with Gasteiger partial charge in [-0.1, -0.05) is 12.1 Å². The molecule has 3 nitrogen and oxygen atoms in total. The molecule has 1 aromatic rings. The van der Waals surface area contributed by atoms with Crippen LogP contribution < -0.4 is 0 Å². The Balaban J connectivity index is 0.000000292. The summed E-state index contributed by atoms with van der Waals surface area (Å²) in [7, 11) is 0. The lowest BCUT2D eigenvalue weighted by Gasteiger charge is -1.89. The predicted molar refractivity (Wildman–Crippen MR) is 41.5 cm³/mol. The zero-order chi connectivity index (χ0) is 8.69. The largest absolute Gasteiger partial charge is 0.508 e. The quantitative estimate of drug-likeness (QED) is 0.555. The van der Waals surface area contributed by atoms with Crippen molar-refractivity contribution in [2.75, 3.05) is 0 Å². The summed E-state index contributed by atoms with van der Waals surface area (Å²) in [6.45, 7) is 1.69. The van der Waals surface area contributed by atoms with Crippen LogP contribution in [0.1, 0.15) is 5.56 Å². The molecule has 3 heteroatoms.